The predicted molar refractivity (Wildman–Crippen MR) is 146 cm³/mol. The molecule has 0 radical (unpaired) electrons. The first kappa shape index (κ1) is 27.4. The van der Waals surface area contributed by atoms with Crippen LogP contribution in [0.15, 0.2) is 59.4 Å². The van der Waals surface area contributed by atoms with E-state index in [1.165, 1.54) is 16.7 Å². The highest BCUT2D eigenvalue weighted by molar-refractivity contribution is 7.20. The summed E-state index contributed by atoms with van der Waals surface area (Å²) in [5.74, 6) is -0.0416. The molecule has 0 unspecified atom stereocenters. The molecule has 0 bridgehead atoms. The smallest absolute Gasteiger partial charge is 0.347 e. The fourth-order valence-electron chi connectivity index (χ4n) is 4.71. The van der Waals surface area contributed by atoms with Crippen molar-refractivity contribution >= 4 is 33.4 Å². The van der Waals surface area contributed by atoms with Crippen LogP contribution in [0.5, 0.6) is 0 Å². The molecule has 8 nitrogen and oxygen atoms in total. The Labute approximate surface area is 231 Å². The van der Waals surface area contributed by atoms with Crippen LogP contribution in [0.4, 0.5) is 19.1 Å². The number of rotatable bonds is 6. The second-order valence-electron chi connectivity index (χ2n) is 9.62. The van der Waals surface area contributed by atoms with Crippen LogP contribution in [0.2, 0.25) is 0 Å². The van der Waals surface area contributed by atoms with Crippen molar-refractivity contribution in [2.75, 3.05) is 18.0 Å². The monoisotopic (exact) mass is 566 g/mol. The topological polar surface area (TPSA) is 117 Å². The maximum atomic E-state index is 13.8. The Hall–Kier alpha value is -4.21. The lowest BCUT2D eigenvalue weighted by Crippen LogP contribution is -2.45. The minimum Gasteiger partial charge on any atom is -0.347 e. The number of carbonyl (C=O) groups excluding carboxylic acids is 1. The van der Waals surface area contributed by atoms with Gasteiger partial charge >= 0.3 is 6.18 Å². The highest BCUT2D eigenvalue weighted by Crippen LogP contribution is 2.29. The van der Waals surface area contributed by atoms with Crippen molar-refractivity contribution in [3.63, 3.8) is 0 Å². The Bertz CT molecular complexity index is 1660. The molecule has 2 aromatic heterocycles. The number of aromatic nitrogens is 2. The van der Waals surface area contributed by atoms with Crippen molar-refractivity contribution < 1.29 is 18.0 Å². The normalized spacial score (nSPS) is 15.7. The van der Waals surface area contributed by atoms with Gasteiger partial charge in [-0.25, -0.2) is 4.98 Å². The Kier molecular flexibility index (Phi) is 7.60. The number of alkyl halides is 3. The van der Waals surface area contributed by atoms with Crippen LogP contribution >= 0.6 is 11.3 Å². The molecule has 40 heavy (non-hydrogen) atoms. The van der Waals surface area contributed by atoms with Crippen molar-refractivity contribution in [1.82, 2.24) is 14.9 Å². The minimum atomic E-state index is -4.44. The fourth-order valence-corrected chi connectivity index (χ4v) is 5.67. The highest BCUT2D eigenvalue weighted by atomic mass is 32.1. The number of nitrogens with two attached hydrogens (primary N) is 1. The Balaban J connectivity index is 1.46. The fraction of sp³-hybridized carbons (Fsp3) is 0.286. The van der Waals surface area contributed by atoms with E-state index >= 15 is 0 Å². The number of anilines is 1. The third kappa shape index (κ3) is 5.71. The molecule has 206 valence electrons. The Morgan fingerprint density at radius 3 is 2.65 bits per heavy atom. The molecule has 3 N–H and O–H groups in total. The number of nitrogens with zero attached hydrogens (tertiary/aromatic N) is 4. The van der Waals surface area contributed by atoms with Gasteiger partial charge in [-0.2, -0.15) is 18.4 Å². The third-order valence-electron chi connectivity index (χ3n) is 6.78. The van der Waals surface area contributed by atoms with Crippen LogP contribution in [-0.2, 0) is 19.3 Å². The summed E-state index contributed by atoms with van der Waals surface area (Å²) in [5, 5.41) is 12.3. The molecule has 1 atom stereocenters. The first-order chi connectivity index (χ1) is 19.1. The molecule has 0 spiro atoms. The molecular formula is C28H25F3N6O2S. The molecule has 1 amide bonds. The van der Waals surface area contributed by atoms with Crippen LogP contribution in [0, 0.1) is 11.3 Å². The largest absolute Gasteiger partial charge is 0.416 e. The molecule has 2 aromatic carbocycles. The Morgan fingerprint density at radius 2 is 1.95 bits per heavy atom. The lowest BCUT2D eigenvalue weighted by Gasteiger charge is -2.33. The van der Waals surface area contributed by atoms with Crippen LogP contribution in [-0.4, -0.2) is 34.6 Å². The molecule has 0 saturated carbocycles. The van der Waals surface area contributed by atoms with Gasteiger partial charge in [-0.15, -0.1) is 11.3 Å². The zero-order valence-electron chi connectivity index (χ0n) is 21.2. The van der Waals surface area contributed by atoms with E-state index in [1.807, 2.05) is 4.90 Å². The number of piperidine rings is 1. The van der Waals surface area contributed by atoms with E-state index in [-0.39, 0.29) is 29.6 Å². The zero-order valence-corrected chi connectivity index (χ0v) is 22.1. The van der Waals surface area contributed by atoms with Gasteiger partial charge in [-0.3, -0.25) is 14.2 Å². The van der Waals surface area contributed by atoms with Gasteiger partial charge in [0, 0.05) is 25.7 Å². The maximum absolute atomic E-state index is 13.8. The molecule has 4 aromatic rings. The molecule has 5 rings (SSSR count). The molecular weight excluding hydrogens is 541 g/mol. The molecule has 0 aliphatic carbocycles. The van der Waals surface area contributed by atoms with Crippen LogP contribution < -0.4 is 21.5 Å². The minimum absolute atomic E-state index is 0.0186. The summed E-state index contributed by atoms with van der Waals surface area (Å²) >= 11 is 0.999. The quantitative estimate of drug-likeness (QED) is 0.360. The first-order valence-electron chi connectivity index (χ1n) is 12.6. The van der Waals surface area contributed by atoms with Gasteiger partial charge in [0.1, 0.15) is 4.70 Å². The number of thiophene rings is 1. The number of nitriles is 1. The maximum Gasteiger partial charge on any atom is 0.416 e. The van der Waals surface area contributed by atoms with E-state index < -0.39 is 17.6 Å². The number of halogens is 3. The number of amides is 1. The van der Waals surface area contributed by atoms with E-state index in [0.717, 1.165) is 36.3 Å². The van der Waals surface area contributed by atoms with E-state index in [2.05, 4.69) is 11.4 Å². The highest BCUT2D eigenvalue weighted by Gasteiger charge is 2.30. The van der Waals surface area contributed by atoms with Crippen molar-refractivity contribution in [3.05, 3.63) is 92.1 Å². The molecule has 12 heteroatoms. The number of nitrogens with one attached hydrogen (secondary N) is 1. The summed E-state index contributed by atoms with van der Waals surface area (Å²) in [7, 11) is 0. The number of carbonyl (C=O) groups is 1. The summed E-state index contributed by atoms with van der Waals surface area (Å²) in [6.07, 6.45) is -2.74. The van der Waals surface area contributed by atoms with E-state index in [4.69, 9.17) is 10.7 Å². The zero-order chi connectivity index (χ0) is 28.4. The third-order valence-corrected chi connectivity index (χ3v) is 7.89. The number of hydrogen-bond acceptors (Lipinski definition) is 7. The van der Waals surface area contributed by atoms with Crippen LogP contribution in [0.3, 0.4) is 0 Å². The van der Waals surface area contributed by atoms with Crippen LogP contribution in [0.1, 0.15) is 44.8 Å². The predicted octanol–water partition coefficient (Wildman–Crippen LogP) is 4.25. The average Bonchev–Trinajstić information content (AvgIpc) is 3.38. The number of fused-ring (bicyclic) bond motifs is 1. The van der Waals surface area contributed by atoms with Crippen molar-refractivity contribution in [2.45, 2.75) is 38.1 Å². The summed E-state index contributed by atoms with van der Waals surface area (Å²) in [6, 6.07) is 15.2. The van der Waals surface area contributed by atoms with E-state index in [0.29, 0.717) is 45.9 Å². The summed E-state index contributed by atoms with van der Waals surface area (Å²) < 4.78 is 40.3. The molecule has 1 aliphatic rings. The van der Waals surface area contributed by atoms with Crippen molar-refractivity contribution in [1.29, 1.82) is 5.26 Å². The summed E-state index contributed by atoms with van der Waals surface area (Å²) in [6.45, 7) is 1.32. The molecule has 1 fully saturated rings. The first-order valence-corrected chi connectivity index (χ1v) is 13.4. The molecule has 1 saturated heterocycles. The van der Waals surface area contributed by atoms with Crippen LogP contribution in [0.25, 0.3) is 10.2 Å². The number of hydrogen-bond donors (Lipinski definition) is 2. The van der Waals surface area contributed by atoms with Gasteiger partial charge in [0.2, 0.25) is 5.95 Å². The van der Waals surface area contributed by atoms with Crippen molar-refractivity contribution in [3.8, 4) is 6.07 Å². The molecule has 1 aliphatic heterocycles. The Morgan fingerprint density at radius 1 is 1.20 bits per heavy atom. The van der Waals surface area contributed by atoms with E-state index in [1.54, 1.807) is 30.3 Å². The van der Waals surface area contributed by atoms with Gasteiger partial charge in [0.05, 0.1) is 34.1 Å². The molecule has 3 heterocycles. The number of benzene rings is 2. The standard InChI is InChI=1S/C28H25F3N6O2S/c29-28(30,31)20-9-7-17(8-10-20)14-34-25(38)23-12-22-24(40-23)26(39)37(15-19-5-2-1-4-18(19)13-32)27(35-22)36-11-3-6-21(33)16-36/h1-2,4-5,7-10,12,21H,3,6,11,14-16,33H2,(H,34,38)/t21-/m1/s1. The van der Waals surface area contributed by atoms with E-state index in [9.17, 15) is 28.0 Å². The second-order valence-corrected chi connectivity index (χ2v) is 10.7. The van der Waals surface area contributed by atoms with Gasteiger partial charge in [-0.05, 0) is 48.2 Å². The van der Waals surface area contributed by atoms with Gasteiger partial charge in [0.15, 0.2) is 0 Å². The average molecular weight is 567 g/mol. The van der Waals surface area contributed by atoms with Crippen molar-refractivity contribution in [2.24, 2.45) is 5.73 Å². The summed E-state index contributed by atoms with van der Waals surface area (Å²) in [5.41, 5.74) is 7.10. The summed E-state index contributed by atoms with van der Waals surface area (Å²) in [4.78, 5) is 33.7. The lowest BCUT2D eigenvalue weighted by molar-refractivity contribution is -0.137. The van der Waals surface area contributed by atoms with Gasteiger partial charge < -0.3 is 16.0 Å². The second kappa shape index (κ2) is 11.1. The SMILES string of the molecule is N#Cc1ccccc1Cn1c(N2CCC[C@@H](N)C2)nc2cc(C(=O)NCc3ccc(C(F)(F)F)cc3)sc2c1=O. The van der Waals surface area contributed by atoms with Gasteiger partial charge in [-0.1, -0.05) is 30.3 Å². The lowest BCUT2D eigenvalue weighted by atomic mass is 10.1. The van der Waals surface area contributed by atoms with Gasteiger partial charge in [0.25, 0.3) is 11.5 Å².